The number of amides is 3. The highest BCUT2D eigenvalue weighted by Crippen LogP contribution is 2.31. The Bertz CT molecular complexity index is 699. The van der Waals surface area contributed by atoms with Crippen molar-refractivity contribution in [2.45, 2.75) is 18.9 Å². The summed E-state index contributed by atoms with van der Waals surface area (Å²) in [4.78, 5) is 49.1. The Balaban J connectivity index is 2.42. The molecule has 1 unspecified atom stereocenters. The number of imide groups is 1. The third-order valence-corrected chi connectivity index (χ3v) is 3.80. The van der Waals surface area contributed by atoms with Gasteiger partial charge in [-0.2, -0.15) is 0 Å². The molecule has 1 aliphatic heterocycles. The van der Waals surface area contributed by atoms with Gasteiger partial charge in [0.15, 0.2) is 0 Å². The fourth-order valence-corrected chi connectivity index (χ4v) is 2.69. The molecule has 0 saturated heterocycles. The van der Waals surface area contributed by atoms with E-state index < -0.39 is 23.8 Å². The third-order valence-electron chi connectivity index (χ3n) is 3.80. The van der Waals surface area contributed by atoms with Crippen molar-refractivity contribution in [3.63, 3.8) is 0 Å². The second kappa shape index (κ2) is 7.54. The molecule has 1 aromatic rings. The van der Waals surface area contributed by atoms with Crippen molar-refractivity contribution >= 4 is 29.7 Å². The summed E-state index contributed by atoms with van der Waals surface area (Å²) in [7, 11) is 1.42. The molecule has 1 aliphatic rings. The van der Waals surface area contributed by atoms with Crippen LogP contribution in [0.1, 0.15) is 33.6 Å². The highest BCUT2D eigenvalue weighted by molar-refractivity contribution is 6.25. The number of nitrogens with zero attached hydrogens (tertiary/aromatic N) is 1. The fraction of sp³-hybridized carbons (Fsp3) is 0.294. The third kappa shape index (κ3) is 3.05. The molecule has 7 nitrogen and oxygen atoms in total. The monoisotopic (exact) mass is 329 g/mol. The van der Waals surface area contributed by atoms with Crippen LogP contribution in [0.15, 0.2) is 30.9 Å². The van der Waals surface area contributed by atoms with Crippen molar-refractivity contribution < 1.29 is 19.2 Å². The van der Waals surface area contributed by atoms with Crippen molar-refractivity contribution in [2.24, 2.45) is 0 Å². The van der Waals surface area contributed by atoms with E-state index in [4.69, 9.17) is 0 Å². The number of rotatable bonds is 8. The molecular formula is C17H19N3O4. The molecule has 0 bridgehead atoms. The van der Waals surface area contributed by atoms with Crippen molar-refractivity contribution in [3.05, 3.63) is 42.0 Å². The van der Waals surface area contributed by atoms with Crippen LogP contribution in [-0.2, 0) is 9.59 Å². The lowest BCUT2D eigenvalue weighted by Crippen LogP contribution is -2.48. The van der Waals surface area contributed by atoms with Gasteiger partial charge in [0.25, 0.3) is 11.8 Å². The van der Waals surface area contributed by atoms with Gasteiger partial charge in [-0.25, -0.2) is 0 Å². The zero-order valence-corrected chi connectivity index (χ0v) is 13.4. The molecule has 0 spiro atoms. The normalized spacial score (nSPS) is 14.1. The van der Waals surface area contributed by atoms with Gasteiger partial charge in [-0.1, -0.05) is 12.1 Å². The Morgan fingerprint density at radius 1 is 1.33 bits per heavy atom. The van der Waals surface area contributed by atoms with Crippen molar-refractivity contribution in [2.75, 3.05) is 18.9 Å². The van der Waals surface area contributed by atoms with Crippen LogP contribution < -0.4 is 10.6 Å². The predicted octanol–water partition coefficient (Wildman–Crippen LogP) is 0.974. The number of likely N-dealkylation sites (N-methyl/N-ethyl adjacent to an activating group) is 1. The molecule has 0 aliphatic carbocycles. The smallest absolute Gasteiger partial charge is 0.264 e. The van der Waals surface area contributed by atoms with Crippen molar-refractivity contribution in [1.29, 1.82) is 0 Å². The Labute approximate surface area is 139 Å². The minimum Gasteiger partial charge on any atom is -0.381 e. The first-order valence-electron chi connectivity index (χ1n) is 7.57. The summed E-state index contributed by atoms with van der Waals surface area (Å²) in [6.07, 6.45) is 2.46. The van der Waals surface area contributed by atoms with Crippen molar-refractivity contribution in [1.82, 2.24) is 10.2 Å². The molecule has 126 valence electrons. The summed E-state index contributed by atoms with van der Waals surface area (Å²) in [5.74, 6) is -1.55. The quantitative estimate of drug-likeness (QED) is 0.421. The van der Waals surface area contributed by atoms with Crippen LogP contribution in [0.3, 0.4) is 0 Å². The molecule has 0 radical (unpaired) electrons. The van der Waals surface area contributed by atoms with Gasteiger partial charge in [-0.05, 0) is 18.6 Å². The molecule has 0 saturated carbocycles. The van der Waals surface area contributed by atoms with E-state index in [1.54, 1.807) is 24.3 Å². The molecule has 1 heterocycles. The first-order valence-corrected chi connectivity index (χ1v) is 7.57. The van der Waals surface area contributed by atoms with Crippen LogP contribution in [0, 0.1) is 0 Å². The lowest BCUT2D eigenvalue weighted by molar-refractivity contribution is -0.124. The van der Waals surface area contributed by atoms with E-state index in [9.17, 15) is 19.2 Å². The molecule has 2 N–H and O–H groups in total. The summed E-state index contributed by atoms with van der Waals surface area (Å²) < 4.78 is 0. The lowest BCUT2D eigenvalue weighted by Gasteiger charge is -2.24. The molecule has 1 aromatic carbocycles. The van der Waals surface area contributed by atoms with Crippen LogP contribution in [-0.4, -0.2) is 48.5 Å². The Kier molecular flexibility index (Phi) is 5.47. The average Bonchev–Trinajstić information content (AvgIpc) is 2.85. The second-order valence-corrected chi connectivity index (χ2v) is 5.25. The van der Waals surface area contributed by atoms with Gasteiger partial charge in [0.1, 0.15) is 12.3 Å². The number of anilines is 1. The zero-order chi connectivity index (χ0) is 17.7. The number of hydrogen-bond acceptors (Lipinski definition) is 5. The first-order chi connectivity index (χ1) is 11.6. The highest BCUT2D eigenvalue weighted by atomic mass is 16.2. The SMILES string of the molecule is C=CCNc1cccc2c1C(=O)N(C(CCC=O)C(=O)NC)C2=O. The first kappa shape index (κ1) is 17.4. The maximum absolute atomic E-state index is 12.8. The number of nitrogens with one attached hydrogen (secondary N) is 2. The molecule has 24 heavy (non-hydrogen) atoms. The number of carbonyl (C=O) groups is 4. The minimum atomic E-state index is -1.01. The molecule has 7 heteroatoms. The topological polar surface area (TPSA) is 95.6 Å². The largest absolute Gasteiger partial charge is 0.381 e. The van der Waals surface area contributed by atoms with E-state index in [0.717, 1.165) is 4.90 Å². The Morgan fingerprint density at radius 3 is 2.71 bits per heavy atom. The zero-order valence-electron chi connectivity index (χ0n) is 13.4. The molecule has 2 rings (SSSR count). The van der Waals surface area contributed by atoms with E-state index in [1.165, 1.54) is 7.05 Å². The van der Waals surface area contributed by atoms with Crippen LogP contribution >= 0.6 is 0 Å². The van der Waals surface area contributed by atoms with Gasteiger partial charge in [0.2, 0.25) is 5.91 Å². The number of fused-ring (bicyclic) bond motifs is 1. The van der Waals surface area contributed by atoms with Crippen LogP contribution in [0.4, 0.5) is 5.69 Å². The van der Waals surface area contributed by atoms with E-state index in [2.05, 4.69) is 17.2 Å². The average molecular weight is 329 g/mol. The summed E-state index contributed by atoms with van der Waals surface area (Å²) in [5.41, 5.74) is 0.998. The van der Waals surface area contributed by atoms with E-state index in [0.29, 0.717) is 18.5 Å². The summed E-state index contributed by atoms with van der Waals surface area (Å²) in [6, 6.07) is 3.89. The van der Waals surface area contributed by atoms with Crippen molar-refractivity contribution in [3.8, 4) is 0 Å². The van der Waals surface area contributed by atoms with Gasteiger partial charge in [0.05, 0.1) is 11.1 Å². The lowest BCUT2D eigenvalue weighted by atomic mass is 10.1. The summed E-state index contributed by atoms with van der Waals surface area (Å²) in [6.45, 7) is 4.04. The molecule has 3 amide bonds. The van der Waals surface area contributed by atoms with Crippen LogP contribution in [0.25, 0.3) is 0 Å². The molecule has 0 fully saturated rings. The standard InChI is InChI=1S/C17H19N3O4/c1-3-9-19-12-7-4-6-11-14(12)17(24)20(16(11)23)13(8-5-10-21)15(22)18-2/h3-4,6-7,10,13,19H,1,5,8-9H2,2H3,(H,18,22). The molecular weight excluding hydrogens is 310 g/mol. The van der Waals surface area contributed by atoms with Gasteiger partial charge in [-0.15, -0.1) is 6.58 Å². The Hall–Kier alpha value is -2.96. The molecule has 1 atom stereocenters. The summed E-state index contributed by atoms with van der Waals surface area (Å²) in [5, 5.41) is 5.45. The maximum atomic E-state index is 12.8. The van der Waals surface area contributed by atoms with E-state index in [1.807, 2.05) is 0 Å². The van der Waals surface area contributed by atoms with Gasteiger partial charge in [-0.3, -0.25) is 19.3 Å². The van der Waals surface area contributed by atoms with Gasteiger partial charge in [0, 0.05) is 25.7 Å². The minimum absolute atomic E-state index is 0.0765. The fourth-order valence-electron chi connectivity index (χ4n) is 2.69. The highest BCUT2D eigenvalue weighted by Gasteiger charge is 2.43. The predicted molar refractivity (Wildman–Crippen MR) is 88.8 cm³/mol. The van der Waals surface area contributed by atoms with Gasteiger partial charge >= 0.3 is 0 Å². The van der Waals surface area contributed by atoms with Crippen LogP contribution in [0.2, 0.25) is 0 Å². The second-order valence-electron chi connectivity index (χ2n) is 5.25. The van der Waals surface area contributed by atoms with Crippen LogP contribution in [0.5, 0.6) is 0 Å². The number of aldehydes is 1. The van der Waals surface area contributed by atoms with E-state index >= 15 is 0 Å². The van der Waals surface area contributed by atoms with Gasteiger partial charge < -0.3 is 15.4 Å². The Morgan fingerprint density at radius 2 is 2.08 bits per heavy atom. The van der Waals surface area contributed by atoms with E-state index in [-0.39, 0.29) is 24.0 Å². The number of benzene rings is 1. The molecule has 0 aromatic heterocycles. The number of carbonyl (C=O) groups excluding carboxylic acids is 4. The maximum Gasteiger partial charge on any atom is 0.264 e. The summed E-state index contributed by atoms with van der Waals surface area (Å²) >= 11 is 0. The number of hydrogen-bond donors (Lipinski definition) is 2.